The summed E-state index contributed by atoms with van der Waals surface area (Å²) in [6, 6.07) is 12.9. The molecule has 3 amide bonds. The molecule has 58 heavy (non-hydrogen) atoms. The van der Waals surface area contributed by atoms with Crippen LogP contribution in [0.25, 0.3) is 21.7 Å². The molecule has 8 rings (SSSR count). The number of anilines is 1. The van der Waals surface area contributed by atoms with Gasteiger partial charge in [-0.15, -0.1) is 11.6 Å². The van der Waals surface area contributed by atoms with Crippen molar-refractivity contribution in [1.82, 2.24) is 24.6 Å². The van der Waals surface area contributed by atoms with Crippen molar-refractivity contribution >= 4 is 78.5 Å². The number of amides is 3. The third-order valence-electron chi connectivity index (χ3n) is 11.9. The van der Waals surface area contributed by atoms with Crippen LogP contribution in [0.3, 0.4) is 0 Å². The molecule has 0 spiro atoms. The maximum absolute atomic E-state index is 14.3. The number of rotatable bonds is 10. The average molecular weight is 853 g/mol. The van der Waals surface area contributed by atoms with Crippen molar-refractivity contribution in [3.63, 3.8) is 0 Å². The molecule has 0 bridgehead atoms. The van der Waals surface area contributed by atoms with Crippen LogP contribution in [0.2, 0.25) is 0 Å². The highest BCUT2D eigenvalue weighted by molar-refractivity contribution is 8.76. The Morgan fingerprint density at radius 2 is 1.52 bits per heavy atom. The van der Waals surface area contributed by atoms with Crippen LogP contribution in [0.4, 0.5) is 10.5 Å². The molecule has 0 aliphatic carbocycles. The SMILES string of the molecule is COc1cc2cc(C(O)N3C[C@@H](CCl)c4c3cc(OC(=O)N3CCN(C(=O)CCC(=O)N5CCN(C)CC5)[C@H]5CSSC[C@H]53)c3ccccc43)[nH]c2c(OC)c1OC. The maximum atomic E-state index is 14.3. The molecule has 14 nitrogen and oxygen atoms in total. The van der Waals surface area contributed by atoms with Crippen molar-refractivity contribution in [1.29, 1.82) is 0 Å². The van der Waals surface area contributed by atoms with Crippen molar-refractivity contribution in [2.24, 2.45) is 0 Å². The third-order valence-corrected chi connectivity index (χ3v) is 14.7. The van der Waals surface area contributed by atoms with Gasteiger partial charge in [-0.05, 0) is 30.1 Å². The first-order valence-electron chi connectivity index (χ1n) is 19.5. The normalized spacial score (nSPS) is 21.5. The van der Waals surface area contributed by atoms with Gasteiger partial charge < -0.3 is 53.5 Å². The highest BCUT2D eigenvalue weighted by atomic mass is 35.5. The lowest BCUT2D eigenvalue weighted by atomic mass is 9.95. The number of nitrogens with one attached hydrogen (secondary N) is 1. The second-order valence-corrected chi connectivity index (χ2v) is 18.0. The number of halogens is 1. The fourth-order valence-electron chi connectivity index (χ4n) is 8.82. The van der Waals surface area contributed by atoms with Crippen molar-refractivity contribution < 1.29 is 38.4 Å². The zero-order valence-corrected chi connectivity index (χ0v) is 35.5. The molecule has 1 aromatic heterocycles. The Hall–Kier alpha value is -4.22. The molecule has 4 aliphatic rings. The summed E-state index contributed by atoms with van der Waals surface area (Å²) < 4.78 is 23.2. The molecule has 1 unspecified atom stereocenters. The van der Waals surface area contributed by atoms with E-state index in [1.54, 1.807) is 47.8 Å². The zero-order valence-electron chi connectivity index (χ0n) is 33.1. The molecule has 17 heteroatoms. The lowest BCUT2D eigenvalue weighted by Crippen LogP contribution is -2.65. The van der Waals surface area contributed by atoms with Crippen LogP contribution in [0, 0.1) is 0 Å². The molecule has 3 aromatic carbocycles. The van der Waals surface area contributed by atoms with Crippen molar-refractivity contribution in [2.75, 3.05) is 96.5 Å². The van der Waals surface area contributed by atoms with Gasteiger partial charge in [-0.25, -0.2) is 4.79 Å². The molecular formula is C41H49ClN6O8S2. The van der Waals surface area contributed by atoms with Gasteiger partial charge in [-0.3, -0.25) is 9.59 Å². The Labute approximate surface area is 350 Å². The number of methoxy groups -OCH3 is 3. The maximum Gasteiger partial charge on any atom is 0.415 e. The van der Waals surface area contributed by atoms with Crippen LogP contribution in [-0.2, 0) is 9.59 Å². The number of likely N-dealkylation sites (N-methyl/N-ethyl adjacent to an activating group) is 1. The van der Waals surface area contributed by atoms with Crippen LogP contribution in [0.5, 0.6) is 23.0 Å². The summed E-state index contributed by atoms with van der Waals surface area (Å²) in [6.07, 6.45) is -1.28. The Balaban J connectivity index is 1.04. The molecule has 4 atom stereocenters. The van der Waals surface area contributed by atoms with Crippen LogP contribution >= 0.6 is 33.2 Å². The fraction of sp³-hybridized carbons (Fsp3) is 0.488. The highest BCUT2D eigenvalue weighted by Crippen LogP contribution is 2.49. The minimum Gasteiger partial charge on any atom is -0.493 e. The van der Waals surface area contributed by atoms with Gasteiger partial charge in [-0.1, -0.05) is 45.9 Å². The number of carbonyl (C=O) groups is 3. The van der Waals surface area contributed by atoms with Crippen LogP contribution in [0.1, 0.15) is 36.2 Å². The molecular weight excluding hydrogens is 804 g/mol. The van der Waals surface area contributed by atoms with Gasteiger partial charge in [0.25, 0.3) is 0 Å². The lowest BCUT2D eigenvalue weighted by molar-refractivity contribution is -0.141. The first kappa shape index (κ1) is 40.6. The molecule has 4 aliphatic heterocycles. The predicted molar refractivity (Wildman–Crippen MR) is 228 cm³/mol. The van der Waals surface area contributed by atoms with Gasteiger partial charge >= 0.3 is 6.09 Å². The first-order chi connectivity index (χ1) is 28.1. The second kappa shape index (κ2) is 17.2. The van der Waals surface area contributed by atoms with Gasteiger partial charge in [0.2, 0.25) is 17.6 Å². The standard InChI is InChI=1S/C41H49ClN6O8S2/c1-44-11-13-45(14-12-44)34(49)9-10-35(50)46-15-16-47(31-23-58-57-22-30(31)46)41(52)56-32-19-29-36(27-8-6-5-7-26(27)32)25(20-42)21-48(29)40(51)28-17-24-18-33(53-2)38(54-3)39(55-4)37(24)43-28/h5-8,17-19,25,30-31,40,43,51H,9-16,20-23H2,1-4H3/t25-,30+,31-,40?/m1/s1. The van der Waals surface area contributed by atoms with E-state index in [0.29, 0.717) is 90.0 Å². The molecule has 0 radical (unpaired) electrons. The van der Waals surface area contributed by atoms with E-state index in [4.69, 9.17) is 30.5 Å². The van der Waals surface area contributed by atoms with E-state index >= 15 is 0 Å². The zero-order chi connectivity index (χ0) is 40.7. The van der Waals surface area contributed by atoms with E-state index in [9.17, 15) is 19.5 Å². The quantitative estimate of drug-likeness (QED) is 0.154. The number of ether oxygens (including phenoxy) is 4. The number of nitrogens with zero attached hydrogens (tertiary/aromatic N) is 5. The topological polar surface area (TPSA) is 140 Å². The van der Waals surface area contributed by atoms with Crippen molar-refractivity contribution in [3.05, 3.63) is 53.7 Å². The number of aromatic amines is 1. The summed E-state index contributed by atoms with van der Waals surface area (Å²) in [5.74, 6) is 3.24. The minimum atomic E-state index is -1.12. The minimum absolute atomic E-state index is 0.0155. The summed E-state index contributed by atoms with van der Waals surface area (Å²) in [6.45, 7) is 4.12. The molecule has 0 saturated carbocycles. The average Bonchev–Trinajstić information content (AvgIpc) is 3.86. The predicted octanol–water partition coefficient (Wildman–Crippen LogP) is 5.51. The van der Waals surface area contributed by atoms with E-state index in [2.05, 4.69) is 9.88 Å². The molecule has 5 heterocycles. The Morgan fingerprint density at radius 3 is 2.21 bits per heavy atom. The number of aromatic nitrogens is 1. The van der Waals surface area contributed by atoms with E-state index < -0.39 is 12.3 Å². The summed E-state index contributed by atoms with van der Waals surface area (Å²) in [4.78, 5) is 53.8. The number of aliphatic hydroxyl groups excluding tert-OH is 1. The number of hydrogen-bond acceptors (Lipinski definition) is 12. The number of hydrogen-bond donors (Lipinski definition) is 2. The van der Waals surface area contributed by atoms with E-state index in [0.717, 1.165) is 34.8 Å². The molecule has 3 saturated heterocycles. The van der Waals surface area contributed by atoms with Crippen LogP contribution in [-0.4, -0.2) is 151 Å². The summed E-state index contributed by atoms with van der Waals surface area (Å²) in [5, 5.41) is 14.5. The van der Waals surface area contributed by atoms with E-state index in [1.807, 2.05) is 64.2 Å². The largest absolute Gasteiger partial charge is 0.493 e. The van der Waals surface area contributed by atoms with Crippen LogP contribution < -0.4 is 23.8 Å². The van der Waals surface area contributed by atoms with Crippen molar-refractivity contribution in [2.45, 2.75) is 37.1 Å². The van der Waals surface area contributed by atoms with Gasteiger partial charge in [0, 0.05) is 104 Å². The number of alkyl halides is 1. The van der Waals surface area contributed by atoms with Gasteiger partial charge in [0.05, 0.1) is 44.6 Å². The molecule has 310 valence electrons. The molecule has 3 fully saturated rings. The second-order valence-electron chi connectivity index (χ2n) is 15.1. The third kappa shape index (κ3) is 7.46. The molecule has 2 N–H and O–H groups in total. The Bertz CT molecular complexity index is 2200. The number of fused-ring (bicyclic) bond motifs is 5. The summed E-state index contributed by atoms with van der Waals surface area (Å²) in [7, 11) is 10.1. The monoisotopic (exact) mass is 852 g/mol. The summed E-state index contributed by atoms with van der Waals surface area (Å²) >= 11 is 6.62. The fourth-order valence-corrected chi connectivity index (χ4v) is 11.8. The number of carbonyl (C=O) groups excluding carboxylic acids is 3. The van der Waals surface area contributed by atoms with Crippen molar-refractivity contribution in [3.8, 4) is 23.0 Å². The smallest absolute Gasteiger partial charge is 0.415 e. The Kier molecular flexibility index (Phi) is 12.0. The lowest BCUT2D eigenvalue weighted by Gasteiger charge is -2.48. The van der Waals surface area contributed by atoms with Crippen LogP contribution in [0.15, 0.2) is 42.5 Å². The molecule has 4 aromatic rings. The van der Waals surface area contributed by atoms with Gasteiger partial charge in [0.1, 0.15) is 5.75 Å². The highest BCUT2D eigenvalue weighted by Gasteiger charge is 2.44. The number of piperazine rings is 2. The van der Waals surface area contributed by atoms with E-state index in [-0.39, 0.29) is 42.7 Å². The number of aliphatic hydroxyl groups is 1. The van der Waals surface area contributed by atoms with Gasteiger partial charge in [0.15, 0.2) is 17.7 Å². The Morgan fingerprint density at radius 1 is 0.845 bits per heavy atom. The number of H-pyrrole nitrogens is 1. The number of benzene rings is 3. The van der Waals surface area contributed by atoms with E-state index in [1.165, 1.54) is 0 Å². The first-order valence-corrected chi connectivity index (χ1v) is 22.5. The summed E-state index contributed by atoms with van der Waals surface area (Å²) in [5.41, 5.74) is 2.85. The van der Waals surface area contributed by atoms with Gasteiger partial charge in [-0.2, -0.15) is 0 Å².